The molecule has 1 aromatic carbocycles. The van der Waals surface area contributed by atoms with Crippen LogP contribution in [-0.2, 0) is 6.42 Å². The van der Waals surface area contributed by atoms with Crippen LogP contribution in [0.25, 0.3) is 6.08 Å². The molecule has 1 N–H and O–H groups in total. The lowest BCUT2D eigenvalue weighted by atomic mass is 9.92. The second-order valence-corrected chi connectivity index (χ2v) is 8.02. The molecule has 1 fully saturated rings. The number of pyridine rings is 1. The summed E-state index contributed by atoms with van der Waals surface area (Å²) < 4.78 is 6.91. The first-order valence-corrected chi connectivity index (χ1v) is 10.3. The Morgan fingerprint density at radius 1 is 1.19 bits per heavy atom. The second kappa shape index (κ2) is 8.14. The molecule has 0 bridgehead atoms. The van der Waals surface area contributed by atoms with Gasteiger partial charge in [-0.15, -0.1) is 0 Å². The minimum atomic E-state index is 0.223. The first-order valence-electron chi connectivity index (χ1n) is 9.50. The molecule has 0 unspecified atom stereocenters. The summed E-state index contributed by atoms with van der Waals surface area (Å²) in [6.45, 7) is 0. The van der Waals surface area contributed by atoms with Crippen LogP contribution in [0.1, 0.15) is 48.8 Å². The fraction of sp³-hybridized carbons (Fsp3) is 0.364. The van der Waals surface area contributed by atoms with Crippen molar-refractivity contribution in [3.8, 4) is 11.8 Å². The molecule has 0 amide bonds. The average Bonchev–Trinajstić information content (AvgIpc) is 2.70. The van der Waals surface area contributed by atoms with Crippen LogP contribution in [0.3, 0.4) is 0 Å². The highest BCUT2D eigenvalue weighted by Crippen LogP contribution is 2.30. The Labute approximate surface area is 168 Å². The first-order chi connectivity index (χ1) is 13.2. The summed E-state index contributed by atoms with van der Waals surface area (Å²) in [5, 5.41) is 12.7. The number of fused-ring (bicyclic) bond motifs is 1. The van der Waals surface area contributed by atoms with Crippen molar-refractivity contribution in [3.05, 3.63) is 57.7 Å². The Morgan fingerprint density at radius 3 is 2.81 bits per heavy atom. The molecule has 27 heavy (non-hydrogen) atoms. The van der Waals surface area contributed by atoms with Crippen molar-refractivity contribution >= 4 is 27.8 Å². The summed E-state index contributed by atoms with van der Waals surface area (Å²) in [5.41, 5.74) is 3.27. The van der Waals surface area contributed by atoms with Crippen LogP contribution in [-0.4, -0.2) is 17.1 Å². The van der Waals surface area contributed by atoms with Crippen molar-refractivity contribution in [2.45, 2.75) is 50.7 Å². The number of allylic oxidation sites excluding steroid dienone is 1. The lowest BCUT2D eigenvalue weighted by Gasteiger charge is -2.30. The lowest BCUT2D eigenvalue weighted by molar-refractivity contribution is 0.150. The van der Waals surface area contributed by atoms with E-state index in [1.807, 2.05) is 18.3 Å². The van der Waals surface area contributed by atoms with Crippen molar-refractivity contribution in [2.75, 3.05) is 5.32 Å². The van der Waals surface area contributed by atoms with Gasteiger partial charge in [-0.3, -0.25) is 0 Å². The highest BCUT2D eigenvalue weighted by atomic mass is 79.9. The molecule has 5 heteroatoms. The van der Waals surface area contributed by atoms with Gasteiger partial charge >= 0.3 is 0 Å². The predicted octanol–water partition coefficient (Wildman–Crippen LogP) is 5.48. The molecule has 2 aliphatic carbocycles. The topological polar surface area (TPSA) is 57.9 Å². The van der Waals surface area contributed by atoms with Gasteiger partial charge in [-0.1, -0.05) is 12.2 Å². The maximum atomic E-state index is 9.02. The molecule has 0 saturated heterocycles. The van der Waals surface area contributed by atoms with Crippen LogP contribution < -0.4 is 10.1 Å². The molecule has 1 aromatic heterocycles. The number of hydrogen-bond acceptors (Lipinski definition) is 4. The standard InChI is InChI=1S/C22H22BrN3O/c23-21-13-19(8-5-16(21)14-24)27-18-9-6-17(7-10-18)26-22-20-4-2-1-3-15(20)11-12-25-22/h2,4-5,8,11-13,17-18H,1,3,6-7,9-10H2,(H,25,26). The van der Waals surface area contributed by atoms with E-state index >= 15 is 0 Å². The third kappa shape index (κ3) is 4.17. The number of benzene rings is 1. The van der Waals surface area contributed by atoms with Crippen LogP contribution in [0.5, 0.6) is 5.75 Å². The van der Waals surface area contributed by atoms with Gasteiger partial charge in [0.25, 0.3) is 0 Å². The van der Waals surface area contributed by atoms with Gasteiger partial charge in [-0.2, -0.15) is 5.26 Å². The van der Waals surface area contributed by atoms with Crippen LogP contribution in [0.15, 0.2) is 41.0 Å². The molecule has 0 spiro atoms. The van der Waals surface area contributed by atoms with Gasteiger partial charge in [-0.25, -0.2) is 4.98 Å². The van der Waals surface area contributed by atoms with Gasteiger partial charge in [0.2, 0.25) is 0 Å². The summed E-state index contributed by atoms with van der Waals surface area (Å²) >= 11 is 3.42. The summed E-state index contributed by atoms with van der Waals surface area (Å²) in [6, 6.07) is 10.3. The summed E-state index contributed by atoms with van der Waals surface area (Å²) in [7, 11) is 0. The van der Waals surface area contributed by atoms with Gasteiger partial charge in [-0.05, 0) is 84.3 Å². The van der Waals surface area contributed by atoms with E-state index < -0.39 is 0 Å². The molecule has 1 heterocycles. The van der Waals surface area contributed by atoms with E-state index in [1.165, 1.54) is 11.1 Å². The average molecular weight is 424 g/mol. The zero-order valence-electron chi connectivity index (χ0n) is 15.1. The zero-order chi connectivity index (χ0) is 18.6. The Bertz CT molecular complexity index is 895. The number of ether oxygens (including phenoxy) is 1. The fourth-order valence-corrected chi connectivity index (χ4v) is 4.29. The Balaban J connectivity index is 1.34. The van der Waals surface area contributed by atoms with E-state index in [1.54, 1.807) is 6.07 Å². The summed E-state index contributed by atoms with van der Waals surface area (Å²) in [5.74, 6) is 1.84. The van der Waals surface area contributed by atoms with Crippen LogP contribution >= 0.6 is 15.9 Å². The lowest BCUT2D eigenvalue weighted by Crippen LogP contribution is -2.31. The summed E-state index contributed by atoms with van der Waals surface area (Å²) in [6.07, 6.45) is 12.9. The molecule has 2 aliphatic rings. The third-order valence-corrected chi connectivity index (χ3v) is 5.98. The Morgan fingerprint density at radius 2 is 2.04 bits per heavy atom. The fourth-order valence-electron chi connectivity index (χ4n) is 3.84. The minimum Gasteiger partial charge on any atom is -0.490 e. The van der Waals surface area contributed by atoms with E-state index in [2.05, 4.69) is 50.5 Å². The van der Waals surface area contributed by atoms with Crippen molar-refractivity contribution in [2.24, 2.45) is 0 Å². The first kappa shape index (κ1) is 18.1. The van der Waals surface area contributed by atoms with E-state index in [9.17, 15) is 0 Å². The maximum Gasteiger partial charge on any atom is 0.133 e. The highest BCUT2D eigenvalue weighted by Gasteiger charge is 2.24. The third-order valence-electron chi connectivity index (χ3n) is 5.32. The van der Waals surface area contributed by atoms with Gasteiger partial charge in [0.15, 0.2) is 0 Å². The number of nitriles is 1. The van der Waals surface area contributed by atoms with Crippen molar-refractivity contribution < 1.29 is 4.74 Å². The number of rotatable bonds is 4. The SMILES string of the molecule is N#Cc1ccc(OC2CCC(Nc3nccc4c3C=CCC4)CC2)cc1Br. The molecule has 138 valence electrons. The van der Waals surface area contributed by atoms with Gasteiger partial charge in [0.1, 0.15) is 17.6 Å². The van der Waals surface area contributed by atoms with Gasteiger partial charge in [0.05, 0.1) is 11.7 Å². The van der Waals surface area contributed by atoms with E-state index in [4.69, 9.17) is 10.00 Å². The van der Waals surface area contributed by atoms with E-state index in [0.717, 1.165) is 54.6 Å². The molecule has 2 aromatic rings. The Hall–Kier alpha value is -2.32. The van der Waals surface area contributed by atoms with Gasteiger partial charge < -0.3 is 10.1 Å². The molecular formula is C22H22BrN3O. The molecule has 0 aliphatic heterocycles. The normalized spacial score (nSPS) is 21.2. The van der Waals surface area contributed by atoms with Crippen LogP contribution in [0, 0.1) is 11.3 Å². The number of anilines is 1. The van der Waals surface area contributed by atoms with Crippen LogP contribution in [0.4, 0.5) is 5.82 Å². The number of aryl methyl sites for hydroxylation is 1. The van der Waals surface area contributed by atoms with E-state index in [-0.39, 0.29) is 6.10 Å². The number of nitrogens with zero attached hydrogens (tertiary/aromatic N) is 2. The predicted molar refractivity (Wildman–Crippen MR) is 111 cm³/mol. The summed E-state index contributed by atoms with van der Waals surface area (Å²) in [4.78, 5) is 4.57. The molecule has 4 rings (SSSR count). The molecular weight excluding hydrogens is 402 g/mol. The monoisotopic (exact) mass is 423 g/mol. The minimum absolute atomic E-state index is 0.223. The molecule has 0 radical (unpaired) electrons. The molecule has 0 atom stereocenters. The number of nitrogens with one attached hydrogen (secondary N) is 1. The number of hydrogen-bond donors (Lipinski definition) is 1. The zero-order valence-corrected chi connectivity index (χ0v) is 16.7. The Kier molecular flexibility index (Phi) is 5.45. The largest absolute Gasteiger partial charge is 0.490 e. The number of aromatic nitrogens is 1. The highest BCUT2D eigenvalue weighted by molar-refractivity contribution is 9.10. The van der Waals surface area contributed by atoms with Crippen molar-refractivity contribution in [3.63, 3.8) is 0 Å². The quantitative estimate of drug-likeness (QED) is 0.707. The van der Waals surface area contributed by atoms with E-state index in [0.29, 0.717) is 11.6 Å². The molecule has 1 saturated carbocycles. The smallest absolute Gasteiger partial charge is 0.133 e. The van der Waals surface area contributed by atoms with Crippen LogP contribution in [0.2, 0.25) is 0 Å². The second-order valence-electron chi connectivity index (χ2n) is 7.16. The maximum absolute atomic E-state index is 9.02. The molecule has 4 nitrogen and oxygen atoms in total. The van der Waals surface area contributed by atoms with Crippen molar-refractivity contribution in [1.29, 1.82) is 5.26 Å². The van der Waals surface area contributed by atoms with Gasteiger partial charge in [0, 0.05) is 22.3 Å². The number of halogens is 1. The van der Waals surface area contributed by atoms with Crippen molar-refractivity contribution in [1.82, 2.24) is 4.98 Å².